The molecule has 0 bridgehead atoms. The van der Waals surface area contributed by atoms with Crippen molar-refractivity contribution in [3.63, 3.8) is 0 Å². The third-order valence-electron chi connectivity index (χ3n) is 1.99. The monoisotopic (exact) mass is 185 g/mol. The van der Waals surface area contributed by atoms with E-state index in [0.717, 1.165) is 13.0 Å². The van der Waals surface area contributed by atoms with Crippen molar-refractivity contribution >= 4 is 0 Å². The molecule has 0 amide bonds. The third-order valence-corrected chi connectivity index (χ3v) is 1.99. The predicted molar refractivity (Wildman–Crippen MR) is 41.5 cm³/mol. The van der Waals surface area contributed by atoms with E-state index in [2.05, 4.69) is 15.0 Å². The summed E-state index contributed by atoms with van der Waals surface area (Å²) in [4.78, 5) is 8.50. The highest BCUT2D eigenvalue weighted by atomic mass is 16.6. The molecule has 72 valence electrons. The Bertz CT molecular complexity index is 270. The number of hydrogen-bond acceptors (Lipinski definition) is 6. The lowest BCUT2D eigenvalue weighted by molar-refractivity contribution is 0.0995. The Balaban J connectivity index is 2.03. The Morgan fingerprint density at radius 2 is 2.54 bits per heavy atom. The van der Waals surface area contributed by atoms with E-state index >= 15 is 0 Å². The van der Waals surface area contributed by atoms with Crippen LogP contribution in [0, 0.1) is 0 Å². The summed E-state index contributed by atoms with van der Waals surface area (Å²) < 4.78 is 10.1. The molecule has 1 aliphatic heterocycles. The van der Waals surface area contributed by atoms with Crippen LogP contribution in [0.5, 0.6) is 0 Å². The fourth-order valence-electron chi connectivity index (χ4n) is 1.30. The first-order valence-corrected chi connectivity index (χ1v) is 4.12. The topological polar surface area (TPSA) is 83.4 Å². The molecule has 1 aromatic heterocycles. The van der Waals surface area contributed by atoms with Crippen LogP contribution < -0.4 is 5.90 Å². The second-order valence-electron chi connectivity index (χ2n) is 2.92. The molecule has 0 saturated carbocycles. The number of aromatic nitrogens is 2. The fourth-order valence-corrected chi connectivity index (χ4v) is 1.30. The summed E-state index contributed by atoms with van der Waals surface area (Å²) in [5.41, 5.74) is 0. The molecule has 1 aliphatic rings. The van der Waals surface area contributed by atoms with Crippen LogP contribution in [0.1, 0.15) is 24.1 Å². The van der Waals surface area contributed by atoms with Gasteiger partial charge in [0.2, 0.25) is 0 Å². The molecule has 1 aromatic rings. The molecule has 6 nitrogen and oxygen atoms in total. The highest BCUT2D eigenvalue weighted by molar-refractivity contribution is 4.96. The van der Waals surface area contributed by atoms with Gasteiger partial charge in [0.15, 0.2) is 5.82 Å². The first-order valence-electron chi connectivity index (χ1n) is 4.12. The summed E-state index contributed by atoms with van der Waals surface area (Å²) >= 11 is 0. The maximum Gasteiger partial charge on any atom is 0.254 e. The maximum absolute atomic E-state index is 5.20. The van der Waals surface area contributed by atoms with E-state index in [4.69, 9.17) is 15.2 Å². The number of hydrogen-bond donors (Lipinski definition) is 1. The number of ether oxygens (including phenoxy) is 1. The molecule has 1 unspecified atom stereocenters. The Kier molecular flexibility index (Phi) is 2.53. The van der Waals surface area contributed by atoms with Crippen LogP contribution in [0.3, 0.4) is 0 Å². The van der Waals surface area contributed by atoms with E-state index in [9.17, 15) is 0 Å². The molecule has 13 heavy (non-hydrogen) atoms. The van der Waals surface area contributed by atoms with Gasteiger partial charge in [0.1, 0.15) is 6.61 Å². The van der Waals surface area contributed by atoms with Crippen molar-refractivity contribution in [2.75, 3.05) is 13.2 Å². The van der Waals surface area contributed by atoms with Gasteiger partial charge in [-0.25, -0.2) is 5.90 Å². The van der Waals surface area contributed by atoms with Crippen molar-refractivity contribution in [3.8, 4) is 0 Å². The minimum atomic E-state index is 0.153. The Hall–Kier alpha value is -0.980. The molecular weight excluding hydrogens is 174 g/mol. The van der Waals surface area contributed by atoms with Gasteiger partial charge in [-0.15, -0.1) is 0 Å². The second kappa shape index (κ2) is 3.82. The van der Waals surface area contributed by atoms with Gasteiger partial charge >= 0.3 is 0 Å². The summed E-state index contributed by atoms with van der Waals surface area (Å²) in [6, 6.07) is 0. The normalized spacial score (nSPS) is 22.4. The number of nitrogens with two attached hydrogens (primary N) is 1. The van der Waals surface area contributed by atoms with Gasteiger partial charge < -0.3 is 9.26 Å². The van der Waals surface area contributed by atoms with Crippen LogP contribution in [0.15, 0.2) is 4.52 Å². The van der Waals surface area contributed by atoms with E-state index in [0.29, 0.717) is 18.3 Å². The van der Waals surface area contributed by atoms with Crippen LogP contribution in [0.25, 0.3) is 0 Å². The van der Waals surface area contributed by atoms with Crippen molar-refractivity contribution in [3.05, 3.63) is 11.7 Å². The molecule has 0 spiro atoms. The molecule has 0 aromatic carbocycles. The van der Waals surface area contributed by atoms with E-state index in [1.807, 2.05) is 0 Å². The number of rotatable bonds is 3. The molecule has 0 radical (unpaired) electrons. The largest absolute Gasteiger partial charge is 0.381 e. The Labute approximate surface area is 75.0 Å². The second-order valence-corrected chi connectivity index (χ2v) is 2.92. The van der Waals surface area contributed by atoms with E-state index in [1.165, 1.54) is 0 Å². The lowest BCUT2D eigenvalue weighted by Gasteiger charge is -1.97. The molecular formula is C7H11N3O3. The molecule has 2 rings (SSSR count). The zero-order valence-electron chi connectivity index (χ0n) is 7.10. The van der Waals surface area contributed by atoms with Crippen LogP contribution in [0.4, 0.5) is 0 Å². The Morgan fingerprint density at radius 1 is 1.62 bits per heavy atom. The van der Waals surface area contributed by atoms with Crippen molar-refractivity contribution in [2.45, 2.75) is 18.9 Å². The standard InChI is InChI=1S/C7H11N3O3/c8-12-4-6-9-7(10-13-6)5-1-2-11-3-5/h5H,1-4,8H2. The van der Waals surface area contributed by atoms with Crippen molar-refractivity contribution in [1.82, 2.24) is 10.1 Å². The maximum atomic E-state index is 5.20. The SMILES string of the molecule is NOCc1nc(C2CCOC2)no1. The molecule has 1 saturated heterocycles. The van der Waals surface area contributed by atoms with Crippen molar-refractivity contribution in [1.29, 1.82) is 0 Å². The summed E-state index contributed by atoms with van der Waals surface area (Å²) in [5, 5.41) is 3.82. The third kappa shape index (κ3) is 1.85. The van der Waals surface area contributed by atoms with Crippen molar-refractivity contribution in [2.24, 2.45) is 5.90 Å². The van der Waals surface area contributed by atoms with E-state index in [-0.39, 0.29) is 12.5 Å². The molecule has 6 heteroatoms. The zero-order valence-corrected chi connectivity index (χ0v) is 7.10. The summed E-state index contributed by atoms with van der Waals surface area (Å²) in [6.45, 7) is 1.59. The van der Waals surface area contributed by atoms with Crippen LogP contribution in [-0.4, -0.2) is 23.4 Å². The Morgan fingerprint density at radius 3 is 3.23 bits per heavy atom. The minimum absolute atomic E-state index is 0.153. The van der Waals surface area contributed by atoms with Crippen LogP contribution in [-0.2, 0) is 16.2 Å². The summed E-state index contributed by atoms with van der Waals surface area (Å²) in [5.74, 6) is 6.22. The average Bonchev–Trinajstić information content (AvgIpc) is 2.70. The molecule has 1 atom stereocenters. The molecule has 2 heterocycles. The van der Waals surface area contributed by atoms with Crippen LogP contribution in [0.2, 0.25) is 0 Å². The van der Waals surface area contributed by atoms with Gasteiger partial charge in [-0.3, -0.25) is 4.84 Å². The number of nitrogens with zero attached hydrogens (tertiary/aromatic N) is 2. The molecule has 1 fully saturated rings. The van der Waals surface area contributed by atoms with Crippen LogP contribution >= 0.6 is 0 Å². The average molecular weight is 185 g/mol. The molecule has 0 aliphatic carbocycles. The van der Waals surface area contributed by atoms with E-state index in [1.54, 1.807) is 0 Å². The van der Waals surface area contributed by atoms with Gasteiger partial charge in [-0.1, -0.05) is 5.16 Å². The lowest BCUT2D eigenvalue weighted by Crippen LogP contribution is -2.02. The predicted octanol–water partition coefficient (Wildman–Crippen LogP) is -0.0362. The first-order chi connectivity index (χ1) is 6.40. The highest BCUT2D eigenvalue weighted by Gasteiger charge is 2.22. The fraction of sp³-hybridized carbons (Fsp3) is 0.714. The highest BCUT2D eigenvalue weighted by Crippen LogP contribution is 2.22. The zero-order chi connectivity index (χ0) is 9.10. The summed E-state index contributed by atoms with van der Waals surface area (Å²) in [6.07, 6.45) is 0.947. The lowest BCUT2D eigenvalue weighted by atomic mass is 10.1. The quantitative estimate of drug-likeness (QED) is 0.665. The smallest absolute Gasteiger partial charge is 0.254 e. The van der Waals surface area contributed by atoms with Gasteiger partial charge in [-0.2, -0.15) is 4.98 Å². The van der Waals surface area contributed by atoms with E-state index < -0.39 is 0 Å². The molecule has 2 N–H and O–H groups in total. The van der Waals surface area contributed by atoms with Gasteiger partial charge in [0, 0.05) is 12.5 Å². The minimum Gasteiger partial charge on any atom is -0.381 e. The van der Waals surface area contributed by atoms with Gasteiger partial charge in [-0.05, 0) is 6.42 Å². The van der Waals surface area contributed by atoms with Crippen molar-refractivity contribution < 1.29 is 14.1 Å². The van der Waals surface area contributed by atoms with Gasteiger partial charge in [0.25, 0.3) is 5.89 Å². The first kappa shape index (κ1) is 8.61. The van der Waals surface area contributed by atoms with Gasteiger partial charge in [0.05, 0.1) is 6.61 Å². The summed E-state index contributed by atoms with van der Waals surface area (Å²) in [7, 11) is 0.